The van der Waals surface area contributed by atoms with Gasteiger partial charge in [0.25, 0.3) is 10.0 Å². The normalized spacial score (nSPS) is 11.1. The van der Waals surface area contributed by atoms with E-state index in [2.05, 4.69) is 17.0 Å². The predicted molar refractivity (Wildman–Crippen MR) is 98.7 cm³/mol. The summed E-state index contributed by atoms with van der Waals surface area (Å²) >= 11 is 5.99. The van der Waals surface area contributed by atoms with Crippen LogP contribution in [0.1, 0.15) is 19.8 Å². The summed E-state index contributed by atoms with van der Waals surface area (Å²) in [6.45, 7) is 3.02. The van der Waals surface area contributed by atoms with Gasteiger partial charge in [-0.1, -0.05) is 24.9 Å². The van der Waals surface area contributed by atoms with E-state index in [1.165, 1.54) is 25.3 Å². The monoisotopic (exact) mass is 368 g/mol. The van der Waals surface area contributed by atoms with Crippen LogP contribution >= 0.6 is 11.6 Å². The van der Waals surface area contributed by atoms with Crippen LogP contribution in [-0.4, -0.2) is 22.1 Å². The lowest BCUT2D eigenvalue weighted by Crippen LogP contribution is -2.13. The number of benzene rings is 2. The maximum atomic E-state index is 12.4. The molecule has 0 atom stereocenters. The van der Waals surface area contributed by atoms with Gasteiger partial charge in [-0.05, 0) is 48.9 Å². The lowest BCUT2D eigenvalue weighted by molar-refractivity contribution is 0.414. The zero-order valence-electron chi connectivity index (χ0n) is 13.7. The average Bonchev–Trinajstić information content (AvgIpc) is 2.56. The summed E-state index contributed by atoms with van der Waals surface area (Å²) in [5, 5.41) is 3.53. The lowest BCUT2D eigenvalue weighted by atomic mass is 10.2. The number of sulfonamides is 1. The maximum absolute atomic E-state index is 12.4. The van der Waals surface area contributed by atoms with Crippen molar-refractivity contribution in [2.45, 2.75) is 24.7 Å². The molecular formula is C17H21ClN2O3S. The standard InChI is InChI=1S/C17H21ClN2O3S/c1-3-4-11-19-13-5-7-14(8-6-13)20-24(21,22)15-9-10-17(23-2)16(18)12-15/h5-10,12,19-20H,3-4,11H2,1-2H3. The van der Waals surface area contributed by atoms with E-state index in [0.29, 0.717) is 11.4 Å². The number of rotatable bonds is 8. The topological polar surface area (TPSA) is 67.4 Å². The number of hydrogen-bond donors (Lipinski definition) is 2. The number of ether oxygens (including phenoxy) is 1. The summed E-state index contributed by atoms with van der Waals surface area (Å²) < 4.78 is 32.4. The lowest BCUT2D eigenvalue weighted by Gasteiger charge is -2.11. The molecule has 0 saturated carbocycles. The van der Waals surface area contributed by atoms with Crippen LogP contribution in [0, 0.1) is 0 Å². The summed E-state index contributed by atoms with van der Waals surface area (Å²) in [4.78, 5) is 0.0819. The van der Waals surface area contributed by atoms with Crippen molar-refractivity contribution < 1.29 is 13.2 Å². The second-order valence-electron chi connectivity index (χ2n) is 5.26. The number of methoxy groups -OCH3 is 1. The SMILES string of the molecule is CCCCNc1ccc(NS(=O)(=O)c2ccc(OC)c(Cl)c2)cc1. The average molecular weight is 369 g/mol. The van der Waals surface area contributed by atoms with Gasteiger partial charge in [-0.2, -0.15) is 0 Å². The highest BCUT2D eigenvalue weighted by molar-refractivity contribution is 7.92. The van der Waals surface area contributed by atoms with Crippen LogP contribution in [0.4, 0.5) is 11.4 Å². The molecule has 0 fully saturated rings. The third-order valence-corrected chi connectivity index (χ3v) is 5.10. The number of halogens is 1. The second kappa shape index (κ2) is 8.26. The van der Waals surface area contributed by atoms with Crippen molar-refractivity contribution in [1.29, 1.82) is 0 Å². The Bertz CT molecular complexity index is 777. The van der Waals surface area contributed by atoms with Crippen molar-refractivity contribution in [3.05, 3.63) is 47.5 Å². The van der Waals surface area contributed by atoms with Crippen LogP contribution < -0.4 is 14.8 Å². The number of anilines is 2. The molecule has 0 amide bonds. The minimum atomic E-state index is -3.70. The highest BCUT2D eigenvalue weighted by Crippen LogP contribution is 2.28. The molecule has 24 heavy (non-hydrogen) atoms. The molecule has 2 aromatic rings. The van der Waals surface area contributed by atoms with Gasteiger partial charge in [0.1, 0.15) is 5.75 Å². The molecule has 0 radical (unpaired) electrons. The molecule has 7 heteroatoms. The molecule has 0 aromatic heterocycles. The van der Waals surface area contributed by atoms with E-state index in [4.69, 9.17) is 16.3 Å². The molecule has 130 valence electrons. The third kappa shape index (κ3) is 4.79. The van der Waals surface area contributed by atoms with E-state index in [1.807, 2.05) is 12.1 Å². The van der Waals surface area contributed by atoms with Crippen molar-refractivity contribution >= 4 is 33.0 Å². The molecule has 0 aliphatic carbocycles. The van der Waals surface area contributed by atoms with Crippen LogP contribution in [0.25, 0.3) is 0 Å². The van der Waals surface area contributed by atoms with Gasteiger partial charge >= 0.3 is 0 Å². The fourth-order valence-corrected chi connectivity index (χ4v) is 3.50. The van der Waals surface area contributed by atoms with E-state index in [9.17, 15) is 8.42 Å². The summed E-state index contributed by atoms with van der Waals surface area (Å²) in [5.74, 6) is 0.429. The van der Waals surface area contributed by atoms with Crippen LogP contribution in [0.2, 0.25) is 5.02 Å². The zero-order chi connectivity index (χ0) is 17.6. The molecular weight excluding hydrogens is 348 g/mol. The Balaban J connectivity index is 2.10. The van der Waals surface area contributed by atoms with Crippen LogP contribution in [0.3, 0.4) is 0 Å². The van der Waals surface area contributed by atoms with Crippen molar-refractivity contribution in [2.75, 3.05) is 23.7 Å². The van der Waals surface area contributed by atoms with Crippen LogP contribution in [0.5, 0.6) is 5.75 Å². The van der Waals surface area contributed by atoms with Crippen molar-refractivity contribution in [1.82, 2.24) is 0 Å². The Labute approximate surface area is 148 Å². The summed E-state index contributed by atoms with van der Waals surface area (Å²) in [5.41, 5.74) is 1.45. The summed E-state index contributed by atoms with van der Waals surface area (Å²) in [6, 6.07) is 11.5. The first kappa shape index (κ1) is 18.4. The van der Waals surface area contributed by atoms with Gasteiger partial charge in [0.2, 0.25) is 0 Å². The molecule has 2 aromatic carbocycles. The Morgan fingerprint density at radius 2 is 1.75 bits per heavy atom. The van der Waals surface area contributed by atoms with Gasteiger partial charge in [-0.25, -0.2) is 8.42 Å². The Kier molecular flexibility index (Phi) is 6.34. The van der Waals surface area contributed by atoms with Gasteiger partial charge in [0.15, 0.2) is 0 Å². The van der Waals surface area contributed by atoms with Crippen LogP contribution in [0.15, 0.2) is 47.4 Å². The van der Waals surface area contributed by atoms with Gasteiger partial charge < -0.3 is 10.1 Å². The van der Waals surface area contributed by atoms with Crippen molar-refractivity contribution in [3.63, 3.8) is 0 Å². The minimum Gasteiger partial charge on any atom is -0.495 e. The molecule has 0 aliphatic rings. The smallest absolute Gasteiger partial charge is 0.261 e. The van der Waals surface area contributed by atoms with E-state index in [-0.39, 0.29) is 9.92 Å². The molecule has 0 bridgehead atoms. The number of hydrogen-bond acceptors (Lipinski definition) is 4. The number of nitrogens with one attached hydrogen (secondary N) is 2. The van der Waals surface area contributed by atoms with E-state index in [1.54, 1.807) is 12.1 Å². The highest BCUT2D eigenvalue weighted by atomic mass is 35.5. The first-order valence-corrected chi connectivity index (χ1v) is 9.52. The van der Waals surface area contributed by atoms with Gasteiger partial charge in [-0.3, -0.25) is 4.72 Å². The fourth-order valence-electron chi connectivity index (χ4n) is 2.09. The minimum absolute atomic E-state index is 0.0819. The Morgan fingerprint density at radius 1 is 1.08 bits per heavy atom. The first-order chi connectivity index (χ1) is 11.5. The van der Waals surface area contributed by atoms with Gasteiger partial charge in [0, 0.05) is 17.9 Å². The quantitative estimate of drug-likeness (QED) is 0.679. The largest absolute Gasteiger partial charge is 0.495 e. The molecule has 0 saturated heterocycles. The molecule has 2 N–H and O–H groups in total. The Hall–Kier alpha value is -1.92. The number of unbranched alkanes of at least 4 members (excludes halogenated alkanes) is 1. The second-order valence-corrected chi connectivity index (χ2v) is 7.35. The predicted octanol–water partition coefficient (Wildman–Crippen LogP) is 4.36. The Morgan fingerprint density at radius 3 is 2.33 bits per heavy atom. The molecule has 0 aliphatic heterocycles. The molecule has 0 unspecified atom stereocenters. The molecule has 0 spiro atoms. The van der Waals surface area contributed by atoms with E-state index in [0.717, 1.165) is 25.1 Å². The van der Waals surface area contributed by atoms with Crippen LogP contribution in [-0.2, 0) is 10.0 Å². The highest BCUT2D eigenvalue weighted by Gasteiger charge is 2.16. The van der Waals surface area contributed by atoms with Gasteiger partial charge in [0.05, 0.1) is 17.0 Å². The zero-order valence-corrected chi connectivity index (χ0v) is 15.2. The van der Waals surface area contributed by atoms with E-state index < -0.39 is 10.0 Å². The third-order valence-electron chi connectivity index (χ3n) is 3.43. The summed E-state index contributed by atoms with van der Waals surface area (Å²) in [7, 11) is -2.23. The van der Waals surface area contributed by atoms with Crippen molar-refractivity contribution in [3.8, 4) is 5.75 Å². The van der Waals surface area contributed by atoms with E-state index >= 15 is 0 Å². The van der Waals surface area contributed by atoms with Gasteiger partial charge in [-0.15, -0.1) is 0 Å². The maximum Gasteiger partial charge on any atom is 0.261 e. The first-order valence-electron chi connectivity index (χ1n) is 7.66. The molecule has 5 nitrogen and oxygen atoms in total. The van der Waals surface area contributed by atoms with Crippen molar-refractivity contribution in [2.24, 2.45) is 0 Å². The molecule has 2 rings (SSSR count). The summed E-state index contributed by atoms with van der Waals surface area (Å²) in [6.07, 6.45) is 2.21. The fraction of sp³-hybridized carbons (Fsp3) is 0.294. The molecule has 0 heterocycles.